The minimum atomic E-state index is -3.41. The van der Waals surface area contributed by atoms with E-state index in [1.165, 1.54) is 23.8 Å². The summed E-state index contributed by atoms with van der Waals surface area (Å²) in [7, 11) is -2.14. The normalized spacial score (nSPS) is 13.5. The van der Waals surface area contributed by atoms with Crippen LogP contribution in [0, 0.1) is 0 Å². The zero-order chi connectivity index (χ0) is 22.2. The van der Waals surface area contributed by atoms with Crippen LogP contribution >= 0.6 is 11.3 Å². The second-order valence-electron chi connectivity index (χ2n) is 6.82. The Balaban J connectivity index is 1.73. The summed E-state index contributed by atoms with van der Waals surface area (Å²) in [5.74, 6) is 0.250. The van der Waals surface area contributed by atoms with Gasteiger partial charge in [-0.3, -0.25) is 9.59 Å². The molecule has 0 radical (unpaired) electrons. The van der Waals surface area contributed by atoms with E-state index in [1.807, 2.05) is 0 Å². The number of hydrogen-bond donors (Lipinski definition) is 0. The number of hydrogen-bond acceptors (Lipinski definition) is 8. The van der Waals surface area contributed by atoms with Crippen molar-refractivity contribution in [2.24, 2.45) is 4.99 Å². The molecule has 11 heteroatoms. The molecule has 31 heavy (non-hydrogen) atoms. The van der Waals surface area contributed by atoms with Crippen molar-refractivity contribution >= 4 is 43.3 Å². The molecule has 0 spiro atoms. The van der Waals surface area contributed by atoms with Crippen LogP contribution in [0.4, 0.5) is 0 Å². The van der Waals surface area contributed by atoms with E-state index >= 15 is 0 Å². The monoisotopic (exact) mass is 462 g/mol. The predicted molar refractivity (Wildman–Crippen MR) is 112 cm³/mol. The molecular formula is C20H18N2O7S2. The maximum Gasteiger partial charge on any atom is 0.325 e. The van der Waals surface area contributed by atoms with Gasteiger partial charge in [-0.1, -0.05) is 17.4 Å². The zero-order valence-corrected chi connectivity index (χ0v) is 18.3. The third kappa shape index (κ3) is 4.47. The highest BCUT2D eigenvalue weighted by Crippen LogP contribution is 2.32. The molecule has 0 fully saturated rings. The predicted octanol–water partition coefficient (Wildman–Crippen LogP) is 1.68. The van der Waals surface area contributed by atoms with Gasteiger partial charge >= 0.3 is 5.97 Å². The third-order valence-electron chi connectivity index (χ3n) is 4.61. The Bertz CT molecular complexity index is 1370. The lowest BCUT2D eigenvalue weighted by molar-refractivity contribution is -0.141. The van der Waals surface area contributed by atoms with Crippen LogP contribution in [0.25, 0.3) is 10.2 Å². The summed E-state index contributed by atoms with van der Waals surface area (Å²) in [5, 5.41) is 0. The first-order valence-electron chi connectivity index (χ1n) is 9.11. The van der Waals surface area contributed by atoms with Gasteiger partial charge in [0.2, 0.25) is 6.79 Å². The zero-order valence-electron chi connectivity index (χ0n) is 16.7. The van der Waals surface area contributed by atoms with Gasteiger partial charge in [0.1, 0.15) is 6.54 Å². The number of methoxy groups -OCH3 is 1. The van der Waals surface area contributed by atoms with E-state index in [0.29, 0.717) is 27.3 Å². The number of ether oxygens (including phenoxy) is 3. The summed E-state index contributed by atoms with van der Waals surface area (Å²) in [6.07, 6.45) is 1.14. The van der Waals surface area contributed by atoms with Crippen molar-refractivity contribution in [1.29, 1.82) is 0 Å². The fourth-order valence-electron chi connectivity index (χ4n) is 3.09. The topological polar surface area (TPSA) is 113 Å². The fourth-order valence-corrected chi connectivity index (χ4v) is 4.90. The van der Waals surface area contributed by atoms with Gasteiger partial charge in [-0.2, -0.15) is 4.99 Å². The number of thiazole rings is 1. The van der Waals surface area contributed by atoms with Crippen LogP contribution in [0.15, 0.2) is 46.3 Å². The number of sulfone groups is 1. The third-order valence-corrected chi connectivity index (χ3v) is 6.76. The lowest BCUT2D eigenvalue weighted by Gasteiger charge is -2.04. The highest BCUT2D eigenvalue weighted by molar-refractivity contribution is 7.90. The molecule has 1 aromatic heterocycles. The highest BCUT2D eigenvalue weighted by Gasteiger charge is 2.17. The number of carbonyl (C=O) groups excluding carboxylic acids is 2. The first-order valence-corrected chi connectivity index (χ1v) is 11.8. The number of amides is 1. The first-order chi connectivity index (χ1) is 14.7. The number of carbonyl (C=O) groups is 2. The van der Waals surface area contributed by atoms with Crippen molar-refractivity contribution in [2.75, 3.05) is 20.2 Å². The van der Waals surface area contributed by atoms with Crippen LogP contribution in [0.1, 0.15) is 5.56 Å². The Labute approximate surface area is 181 Å². The molecule has 0 unspecified atom stereocenters. The standard InChI is InChI=1S/C20H18N2O7S2/c1-27-19(24)10-22-14-5-4-13(31(2,25)26)9-17(14)30-20(22)21-18(23)8-12-3-6-15-16(7-12)29-11-28-15/h3-7,9H,8,10-11H2,1-2H3. The smallest absolute Gasteiger partial charge is 0.325 e. The first kappa shape index (κ1) is 21.1. The van der Waals surface area contributed by atoms with Crippen molar-refractivity contribution in [3.8, 4) is 11.5 Å². The van der Waals surface area contributed by atoms with Crippen molar-refractivity contribution in [3.63, 3.8) is 0 Å². The Kier molecular flexibility index (Phi) is 5.54. The van der Waals surface area contributed by atoms with Crippen molar-refractivity contribution in [3.05, 3.63) is 46.8 Å². The van der Waals surface area contributed by atoms with E-state index in [1.54, 1.807) is 24.3 Å². The number of fused-ring (bicyclic) bond motifs is 2. The summed E-state index contributed by atoms with van der Waals surface area (Å²) in [4.78, 5) is 29.1. The van der Waals surface area contributed by atoms with Gasteiger partial charge in [0.25, 0.3) is 5.91 Å². The lowest BCUT2D eigenvalue weighted by Crippen LogP contribution is -2.22. The van der Waals surface area contributed by atoms with Gasteiger partial charge in [-0.05, 0) is 35.9 Å². The van der Waals surface area contributed by atoms with Gasteiger partial charge in [-0.25, -0.2) is 8.42 Å². The molecule has 4 rings (SSSR count). The van der Waals surface area contributed by atoms with Gasteiger partial charge in [0.05, 0.1) is 28.6 Å². The van der Waals surface area contributed by atoms with Crippen molar-refractivity contribution in [1.82, 2.24) is 4.57 Å². The highest BCUT2D eigenvalue weighted by atomic mass is 32.2. The molecule has 0 atom stereocenters. The van der Waals surface area contributed by atoms with E-state index in [2.05, 4.69) is 4.99 Å². The molecular weight excluding hydrogens is 444 g/mol. The SMILES string of the molecule is COC(=O)Cn1c(=NC(=O)Cc2ccc3c(c2)OCO3)sc2cc(S(C)(=O)=O)ccc21. The van der Waals surface area contributed by atoms with Crippen molar-refractivity contribution in [2.45, 2.75) is 17.9 Å². The number of nitrogens with zero attached hydrogens (tertiary/aromatic N) is 2. The molecule has 2 aromatic carbocycles. The molecule has 1 aliphatic heterocycles. The van der Waals surface area contributed by atoms with Crippen LogP contribution in [-0.2, 0) is 37.1 Å². The number of benzene rings is 2. The van der Waals surface area contributed by atoms with Gasteiger partial charge in [-0.15, -0.1) is 0 Å². The van der Waals surface area contributed by atoms with E-state index < -0.39 is 21.7 Å². The van der Waals surface area contributed by atoms with Gasteiger partial charge in [0, 0.05) is 6.26 Å². The largest absolute Gasteiger partial charge is 0.468 e. The van der Waals surface area contributed by atoms with Crippen LogP contribution in [-0.4, -0.2) is 45.0 Å². The molecule has 9 nitrogen and oxygen atoms in total. The molecule has 2 heterocycles. The second kappa shape index (κ2) is 8.16. The van der Waals surface area contributed by atoms with Crippen LogP contribution in [0.5, 0.6) is 11.5 Å². The summed E-state index contributed by atoms with van der Waals surface area (Å²) < 4.78 is 41.2. The minimum Gasteiger partial charge on any atom is -0.468 e. The summed E-state index contributed by atoms with van der Waals surface area (Å²) in [5.41, 5.74) is 1.29. The van der Waals surface area contributed by atoms with E-state index in [4.69, 9.17) is 14.2 Å². The molecule has 0 N–H and O–H groups in total. The maximum absolute atomic E-state index is 12.6. The summed E-state index contributed by atoms with van der Waals surface area (Å²) in [6.45, 7) is -0.0211. The van der Waals surface area contributed by atoms with E-state index in [9.17, 15) is 18.0 Å². The van der Waals surface area contributed by atoms with Crippen LogP contribution in [0.3, 0.4) is 0 Å². The Hall–Kier alpha value is -3.18. The molecule has 1 amide bonds. The molecule has 3 aromatic rings. The molecule has 0 saturated heterocycles. The number of aromatic nitrogens is 1. The molecule has 1 aliphatic rings. The second-order valence-corrected chi connectivity index (χ2v) is 9.84. The number of esters is 1. The molecule has 162 valence electrons. The average molecular weight is 463 g/mol. The van der Waals surface area contributed by atoms with E-state index in [-0.39, 0.29) is 29.5 Å². The molecule has 0 aliphatic carbocycles. The Morgan fingerprint density at radius 1 is 1.16 bits per heavy atom. The minimum absolute atomic E-state index is 0.0255. The van der Waals surface area contributed by atoms with Gasteiger partial charge in [0.15, 0.2) is 26.1 Å². The Morgan fingerprint density at radius 3 is 2.68 bits per heavy atom. The fraction of sp³-hybridized carbons (Fsp3) is 0.250. The quantitative estimate of drug-likeness (QED) is 0.530. The van der Waals surface area contributed by atoms with Crippen LogP contribution < -0.4 is 14.3 Å². The Morgan fingerprint density at radius 2 is 1.94 bits per heavy atom. The summed E-state index contributed by atoms with van der Waals surface area (Å²) >= 11 is 1.12. The molecule has 0 bridgehead atoms. The maximum atomic E-state index is 12.6. The van der Waals surface area contributed by atoms with Crippen molar-refractivity contribution < 1.29 is 32.2 Å². The summed E-state index contributed by atoms with van der Waals surface area (Å²) in [6, 6.07) is 9.76. The van der Waals surface area contributed by atoms with Crippen LogP contribution in [0.2, 0.25) is 0 Å². The lowest BCUT2D eigenvalue weighted by atomic mass is 10.1. The molecule has 0 saturated carbocycles. The van der Waals surface area contributed by atoms with Gasteiger partial charge < -0.3 is 18.8 Å². The number of rotatable bonds is 5. The average Bonchev–Trinajstić information content (AvgIpc) is 3.31. The van der Waals surface area contributed by atoms with E-state index in [0.717, 1.165) is 17.6 Å².